The third kappa shape index (κ3) is 2.85. The number of H-pyrrole nitrogens is 1. The van der Waals surface area contributed by atoms with E-state index in [2.05, 4.69) is 15.4 Å². The summed E-state index contributed by atoms with van der Waals surface area (Å²) in [5.41, 5.74) is 3.01. The Labute approximate surface area is 102 Å². The summed E-state index contributed by atoms with van der Waals surface area (Å²) in [6.07, 6.45) is 0. The summed E-state index contributed by atoms with van der Waals surface area (Å²) >= 11 is 0. The number of aromatic amines is 1. The number of rotatable bonds is 1. The highest BCUT2D eigenvalue weighted by Gasteiger charge is 2.29. The second-order valence-corrected chi connectivity index (χ2v) is 6.28. The van der Waals surface area contributed by atoms with Gasteiger partial charge in [-0.1, -0.05) is 41.5 Å². The number of aromatic nitrogens is 2. The molecule has 0 aromatic carbocycles. The van der Waals surface area contributed by atoms with Crippen LogP contribution in [-0.4, -0.2) is 15.9 Å². The van der Waals surface area contributed by atoms with Gasteiger partial charge in [0.25, 0.3) is 5.91 Å². The highest BCUT2D eigenvalue weighted by atomic mass is 16.2. The van der Waals surface area contributed by atoms with E-state index in [-0.39, 0.29) is 16.7 Å². The molecule has 1 amide bonds. The quantitative estimate of drug-likeness (QED) is 0.395. The predicted octanol–water partition coefficient (Wildman–Crippen LogP) is 1.61. The number of amides is 1. The second-order valence-electron chi connectivity index (χ2n) is 6.28. The van der Waals surface area contributed by atoms with E-state index in [0.29, 0.717) is 5.69 Å². The molecule has 0 bridgehead atoms. The van der Waals surface area contributed by atoms with Gasteiger partial charge in [-0.05, 0) is 0 Å². The Morgan fingerprint density at radius 1 is 1.18 bits per heavy atom. The van der Waals surface area contributed by atoms with E-state index in [1.807, 2.05) is 41.5 Å². The molecule has 17 heavy (non-hydrogen) atoms. The van der Waals surface area contributed by atoms with E-state index >= 15 is 0 Å². The molecule has 0 aliphatic heterocycles. The van der Waals surface area contributed by atoms with Gasteiger partial charge < -0.3 is 4.98 Å². The summed E-state index contributed by atoms with van der Waals surface area (Å²) in [6.45, 7) is 12.2. The predicted molar refractivity (Wildman–Crippen MR) is 67.6 cm³/mol. The molecule has 0 radical (unpaired) electrons. The van der Waals surface area contributed by atoms with Crippen LogP contribution in [-0.2, 0) is 10.8 Å². The van der Waals surface area contributed by atoms with Gasteiger partial charge in [-0.25, -0.2) is 10.8 Å². The van der Waals surface area contributed by atoms with E-state index in [1.54, 1.807) is 0 Å². The molecule has 5 heteroatoms. The van der Waals surface area contributed by atoms with Gasteiger partial charge in [0, 0.05) is 10.8 Å². The van der Waals surface area contributed by atoms with Gasteiger partial charge in [-0.2, -0.15) is 0 Å². The fraction of sp³-hybridized carbons (Fsp3) is 0.667. The SMILES string of the molecule is CC(C)(C)c1nc(C(=O)NN)c(C(C)(C)C)[nH]1. The first kappa shape index (κ1) is 13.7. The zero-order valence-corrected chi connectivity index (χ0v) is 11.4. The zero-order chi connectivity index (χ0) is 13.4. The van der Waals surface area contributed by atoms with Gasteiger partial charge in [0.2, 0.25) is 0 Å². The number of nitrogen functional groups attached to an aromatic ring is 1. The van der Waals surface area contributed by atoms with E-state index in [9.17, 15) is 4.79 Å². The number of carbonyl (C=O) groups excluding carboxylic acids is 1. The van der Waals surface area contributed by atoms with Crippen LogP contribution in [0.4, 0.5) is 0 Å². The van der Waals surface area contributed by atoms with Crippen LogP contribution in [0.1, 0.15) is 63.5 Å². The summed E-state index contributed by atoms with van der Waals surface area (Å²) < 4.78 is 0. The Hall–Kier alpha value is -1.36. The molecule has 0 unspecified atom stereocenters. The van der Waals surface area contributed by atoms with Crippen LogP contribution in [0, 0.1) is 0 Å². The highest BCUT2D eigenvalue weighted by molar-refractivity contribution is 5.93. The smallest absolute Gasteiger partial charge is 0.285 e. The van der Waals surface area contributed by atoms with Gasteiger partial charge in [-0.15, -0.1) is 0 Å². The molecule has 0 atom stereocenters. The summed E-state index contributed by atoms with van der Waals surface area (Å²) in [5, 5.41) is 0. The summed E-state index contributed by atoms with van der Waals surface area (Å²) in [6, 6.07) is 0. The summed E-state index contributed by atoms with van der Waals surface area (Å²) in [4.78, 5) is 19.3. The number of nitrogens with zero attached hydrogens (tertiary/aromatic N) is 1. The second kappa shape index (κ2) is 4.14. The van der Waals surface area contributed by atoms with Crippen molar-refractivity contribution in [2.24, 2.45) is 5.84 Å². The third-order valence-corrected chi connectivity index (χ3v) is 2.51. The van der Waals surface area contributed by atoms with Crippen molar-refractivity contribution in [3.63, 3.8) is 0 Å². The van der Waals surface area contributed by atoms with Crippen LogP contribution < -0.4 is 11.3 Å². The van der Waals surface area contributed by atoms with Crippen LogP contribution >= 0.6 is 0 Å². The van der Waals surface area contributed by atoms with E-state index in [1.165, 1.54) is 0 Å². The molecule has 1 heterocycles. The molecule has 96 valence electrons. The zero-order valence-electron chi connectivity index (χ0n) is 11.4. The Bertz CT molecular complexity index is 421. The van der Waals surface area contributed by atoms with Crippen molar-refractivity contribution in [1.29, 1.82) is 0 Å². The number of hydrogen-bond donors (Lipinski definition) is 3. The molecule has 0 aliphatic carbocycles. The number of carbonyl (C=O) groups is 1. The first-order chi connectivity index (χ1) is 7.57. The van der Waals surface area contributed by atoms with Gasteiger partial charge >= 0.3 is 0 Å². The van der Waals surface area contributed by atoms with Crippen molar-refractivity contribution in [3.8, 4) is 0 Å². The van der Waals surface area contributed by atoms with Gasteiger partial charge in [0.1, 0.15) is 5.82 Å². The van der Waals surface area contributed by atoms with Crippen molar-refractivity contribution in [3.05, 3.63) is 17.2 Å². The number of hydrazine groups is 1. The molecule has 1 aromatic heterocycles. The van der Waals surface area contributed by atoms with E-state index < -0.39 is 0 Å². The Morgan fingerprint density at radius 3 is 2.06 bits per heavy atom. The van der Waals surface area contributed by atoms with E-state index in [0.717, 1.165) is 11.5 Å². The largest absolute Gasteiger partial charge is 0.344 e. The molecule has 4 N–H and O–H groups in total. The van der Waals surface area contributed by atoms with E-state index in [4.69, 9.17) is 5.84 Å². The maximum absolute atomic E-state index is 11.7. The van der Waals surface area contributed by atoms with Crippen molar-refractivity contribution in [1.82, 2.24) is 15.4 Å². The minimum absolute atomic E-state index is 0.132. The Morgan fingerprint density at radius 2 is 1.71 bits per heavy atom. The Kier molecular flexibility index (Phi) is 3.34. The molecule has 1 rings (SSSR count). The standard InChI is InChI=1S/C12H22N4O/c1-11(2,3)8-7(9(17)16-13)14-10(15-8)12(4,5)6/h13H2,1-6H3,(H,14,15)(H,16,17). The highest BCUT2D eigenvalue weighted by Crippen LogP contribution is 2.28. The average Bonchev–Trinajstić information content (AvgIpc) is 2.59. The van der Waals surface area contributed by atoms with Crippen LogP contribution in [0.5, 0.6) is 0 Å². The average molecular weight is 238 g/mol. The van der Waals surface area contributed by atoms with Crippen molar-refractivity contribution in [2.75, 3.05) is 0 Å². The van der Waals surface area contributed by atoms with Gasteiger partial charge in [0.15, 0.2) is 5.69 Å². The topological polar surface area (TPSA) is 83.8 Å². The fourth-order valence-corrected chi connectivity index (χ4v) is 1.50. The molecule has 0 aliphatic rings. The molecular weight excluding hydrogens is 216 g/mol. The lowest BCUT2D eigenvalue weighted by molar-refractivity contribution is 0.0946. The first-order valence-corrected chi connectivity index (χ1v) is 5.69. The molecule has 0 spiro atoms. The maximum atomic E-state index is 11.7. The Balaban J connectivity index is 3.37. The van der Waals surface area contributed by atoms with Gasteiger partial charge in [-0.3, -0.25) is 10.2 Å². The number of nitrogens with one attached hydrogen (secondary N) is 2. The normalized spacial score (nSPS) is 12.6. The first-order valence-electron chi connectivity index (χ1n) is 5.69. The number of imidazole rings is 1. The van der Waals surface area contributed by atoms with Crippen molar-refractivity contribution >= 4 is 5.91 Å². The van der Waals surface area contributed by atoms with Crippen molar-refractivity contribution < 1.29 is 4.79 Å². The van der Waals surface area contributed by atoms with Crippen LogP contribution in [0.25, 0.3) is 0 Å². The molecule has 0 fully saturated rings. The number of hydrogen-bond acceptors (Lipinski definition) is 3. The van der Waals surface area contributed by atoms with Gasteiger partial charge in [0.05, 0.1) is 5.69 Å². The lowest BCUT2D eigenvalue weighted by Crippen LogP contribution is -2.32. The molecule has 0 saturated heterocycles. The van der Waals surface area contributed by atoms with Crippen molar-refractivity contribution in [2.45, 2.75) is 52.4 Å². The lowest BCUT2D eigenvalue weighted by Gasteiger charge is -2.18. The van der Waals surface area contributed by atoms with Crippen LogP contribution in [0.3, 0.4) is 0 Å². The number of nitrogens with two attached hydrogens (primary N) is 1. The molecule has 0 saturated carbocycles. The maximum Gasteiger partial charge on any atom is 0.285 e. The summed E-state index contributed by atoms with van der Waals surface area (Å²) in [5.74, 6) is 5.61. The molecule has 1 aromatic rings. The third-order valence-electron chi connectivity index (χ3n) is 2.51. The fourth-order valence-electron chi connectivity index (χ4n) is 1.50. The molecular formula is C12H22N4O. The lowest BCUT2D eigenvalue weighted by atomic mass is 9.90. The van der Waals surface area contributed by atoms with Crippen LogP contribution in [0.2, 0.25) is 0 Å². The summed E-state index contributed by atoms with van der Waals surface area (Å²) in [7, 11) is 0. The monoisotopic (exact) mass is 238 g/mol. The minimum Gasteiger partial charge on any atom is -0.344 e. The minimum atomic E-state index is -0.360. The van der Waals surface area contributed by atoms with Crippen LogP contribution in [0.15, 0.2) is 0 Å². The molecule has 5 nitrogen and oxygen atoms in total.